The van der Waals surface area contributed by atoms with E-state index in [0.29, 0.717) is 17.2 Å². The van der Waals surface area contributed by atoms with E-state index in [2.05, 4.69) is 5.32 Å². The summed E-state index contributed by atoms with van der Waals surface area (Å²) in [6.45, 7) is 0.238. The van der Waals surface area contributed by atoms with Crippen LogP contribution in [-0.4, -0.2) is 34.2 Å². The van der Waals surface area contributed by atoms with Crippen LogP contribution >= 0.6 is 0 Å². The lowest BCUT2D eigenvalue weighted by Crippen LogP contribution is -2.39. The summed E-state index contributed by atoms with van der Waals surface area (Å²) in [5.41, 5.74) is 1.75. The molecule has 1 amide bonds. The molecule has 1 heterocycles. The first kappa shape index (κ1) is 16.6. The van der Waals surface area contributed by atoms with Crippen LogP contribution in [0, 0.1) is 0 Å². The predicted octanol–water partition coefficient (Wildman–Crippen LogP) is 1.70. The number of nitrogens with one attached hydrogen (secondary N) is 1. The minimum absolute atomic E-state index is 0.111. The van der Waals surface area contributed by atoms with Crippen molar-refractivity contribution in [1.82, 2.24) is 0 Å². The van der Waals surface area contributed by atoms with Gasteiger partial charge < -0.3 is 19.7 Å². The van der Waals surface area contributed by atoms with Crippen molar-refractivity contribution in [1.29, 1.82) is 0 Å². The first-order chi connectivity index (χ1) is 11.0. The van der Waals surface area contributed by atoms with Gasteiger partial charge >= 0.3 is 0 Å². The molecule has 0 spiro atoms. The van der Waals surface area contributed by atoms with Gasteiger partial charge in [-0.1, -0.05) is 0 Å². The number of amides is 1. The summed E-state index contributed by atoms with van der Waals surface area (Å²) in [6.07, 6.45) is 3.76. The van der Waals surface area contributed by atoms with E-state index in [9.17, 15) is 4.79 Å². The average molecular weight is 316 g/mol. The summed E-state index contributed by atoms with van der Waals surface area (Å²) in [7, 11) is 7.09. The fourth-order valence-electron chi connectivity index (χ4n) is 2.13. The minimum Gasteiger partial charge on any atom is -0.493 e. The van der Waals surface area contributed by atoms with E-state index in [1.54, 1.807) is 32.4 Å². The van der Waals surface area contributed by atoms with Gasteiger partial charge in [0, 0.05) is 43.7 Å². The maximum atomic E-state index is 12.1. The van der Waals surface area contributed by atoms with E-state index < -0.39 is 0 Å². The Labute approximate surface area is 136 Å². The Morgan fingerprint density at radius 2 is 1.74 bits per heavy atom. The summed E-state index contributed by atoms with van der Waals surface area (Å²) in [5.74, 6) is 1.09. The monoisotopic (exact) mass is 316 g/mol. The van der Waals surface area contributed by atoms with Gasteiger partial charge in [0.15, 0.2) is 23.9 Å². The first-order valence-electron chi connectivity index (χ1n) is 7.22. The third-order valence-electron chi connectivity index (χ3n) is 3.38. The molecule has 0 aliphatic rings. The van der Waals surface area contributed by atoms with Gasteiger partial charge in [0.25, 0.3) is 5.91 Å². The highest BCUT2D eigenvalue weighted by atomic mass is 16.5. The molecule has 0 atom stereocenters. The Hall–Kier alpha value is -2.76. The van der Waals surface area contributed by atoms with Crippen molar-refractivity contribution >= 4 is 17.3 Å². The maximum absolute atomic E-state index is 12.1. The standard InChI is InChI=1S/C17H21N3O3/c1-19(2)14-7-9-20(10-8-14)12-17(21)18-13-5-6-15(22-3)16(11-13)23-4/h5-11H,12H2,1-4H3/p+1. The van der Waals surface area contributed by atoms with Crippen LogP contribution in [0.2, 0.25) is 0 Å². The molecule has 2 rings (SSSR count). The largest absolute Gasteiger partial charge is 0.493 e. The van der Waals surface area contributed by atoms with Crippen LogP contribution in [0.15, 0.2) is 42.7 Å². The summed E-state index contributed by atoms with van der Waals surface area (Å²) in [5, 5.41) is 2.85. The number of anilines is 2. The number of pyridine rings is 1. The smallest absolute Gasteiger partial charge is 0.290 e. The number of ether oxygens (including phenoxy) is 2. The summed E-state index contributed by atoms with van der Waals surface area (Å²) in [6, 6.07) is 9.19. The highest BCUT2D eigenvalue weighted by Crippen LogP contribution is 2.29. The molecule has 0 fully saturated rings. The number of carbonyl (C=O) groups is 1. The first-order valence-corrected chi connectivity index (χ1v) is 7.22. The lowest BCUT2D eigenvalue weighted by atomic mass is 10.2. The van der Waals surface area contributed by atoms with E-state index in [-0.39, 0.29) is 12.5 Å². The van der Waals surface area contributed by atoms with Crippen LogP contribution in [-0.2, 0) is 11.3 Å². The van der Waals surface area contributed by atoms with E-state index in [0.717, 1.165) is 5.69 Å². The summed E-state index contributed by atoms with van der Waals surface area (Å²) >= 11 is 0. The highest BCUT2D eigenvalue weighted by Gasteiger charge is 2.12. The number of hydrogen-bond acceptors (Lipinski definition) is 4. The Morgan fingerprint density at radius 1 is 1.09 bits per heavy atom. The molecular formula is C17H22N3O3+. The van der Waals surface area contributed by atoms with Crippen molar-refractivity contribution in [3.8, 4) is 11.5 Å². The van der Waals surface area contributed by atoms with Gasteiger partial charge in [0.1, 0.15) is 0 Å². The molecule has 6 nitrogen and oxygen atoms in total. The topological polar surface area (TPSA) is 54.7 Å². The van der Waals surface area contributed by atoms with E-state index >= 15 is 0 Å². The number of methoxy groups -OCH3 is 2. The normalized spacial score (nSPS) is 10.1. The van der Waals surface area contributed by atoms with Crippen LogP contribution in [0.25, 0.3) is 0 Å². The lowest BCUT2D eigenvalue weighted by molar-refractivity contribution is -0.684. The molecule has 0 saturated heterocycles. The van der Waals surface area contributed by atoms with E-state index in [1.807, 2.05) is 48.1 Å². The van der Waals surface area contributed by atoms with Gasteiger partial charge in [-0.2, -0.15) is 4.57 Å². The van der Waals surface area contributed by atoms with Gasteiger partial charge in [-0.05, 0) is 12.1 Å². The Bertz CT molecular complexity index is 669. The number of hydrogen-bond donors (Lipinski definition) is 1. The van der Waals surface area contributed by atoms with Crippen molar-refractivity contribution in [3.63, 3.8) is 0 Å². The fraction of sp³-hybridized carbons (Fsp3) is 0.294. The highest BCUT2D eigenvalue weighted by molar-refractivity contribution is 5.90. The second-order valence-electron chi connectivity index (χ2n) is 5.24. The molecule has 6 heteroatoms. The zero-order valence-corrected chi connectivity index (χ0v) is 13.9. The van der Waals surface area contributed by atoms with Crippen LogP contribution in [0.4, 0.5) is 11.4 Å². The molecule has 0 saturated carbocycles. The number of nitrogens with zero attached hydrogens (tertiary/aromatic N) is 2. The molecule has 1 N–H and O–H groups in total. The second kappa shape index (κ2) is 7.49. The lowest BCUT2D eigenvalue weighted by Gasteiger charge is -2.11. The van der Waals surface area contributed by atoms with Gasteiger partial charge in [-0.15, -0.1) is 0 Å². The van der Waals surface area contributed by atoms with Gasteiger partial charge in [-0.25, -0.2) is 0 Å². The molecule has 0 aliphatic carbocycles. The molecular weight excluding hydrogens is 294 g/mol. The van der Waals surface area contributed by atoms with E-state index in [4.69, 9.17) is 9.47 Å². The molecule has 23 heavy (non-hydrogen) atoms. The predicted molar refractivity (Wildman–Crippen MR) is 89.1 cm³/mol. The number of aromatic nitrogens is 1. The fourth-order valence-corrected chi connectivity index (χ4v) is 2.13. The molecule has 0 bridgehead atoms. The summed E-state index contributed by atoms with van der Waals surface area (Å²) in [4.78, 5) is 14.1. The third-order valence-corrected chi connectivity index (χ3v) is 3.38. The molecule has 1 aromatic heterocycles. The van der Waals surface area contributed by atoms with Crippen LogP contribution in [0.3, 0.4) is 0 Å². The average Bonchev–Trinajstić information content (AvgIpc) is 2.55. The zero-order valence-electron chi connectivity index (χ0n) is 13.9. The summed E-state index contributed by atoms with van der Waals surface area (Å²) < 4.78 is 12.2. The number of benzene rings is 1. The number of rotatable bonds is 6. The van der Waals surface area contributed by atoms with Crippen molar-refractivity contribution in [2.75, 3.05) is 38.5 Å². The molecule has 1 aromatic carbocycles. The second-order valence-corrected chi connectivity index (χ2v) is 5.24. The molecule has 0 unspecified atom stereocenters. The molecule has 2 aromatic rings. The van der Waals surface area contributed by atoms with Crippen molar-refractivity contribution < 1.29 is 18.8 Å². The quantitative estimate of drug-likeness (QED) is 0.824. The Kier molecular flexibility index (Phi) is 5.41. The number of carbonyl (C=O) groups excluding carboxylic acids is 1. The van der Waals surface area contributed by atoms with Gasteiger partial charge in [-0.3, -0.25) is 4.79 Å². The van der Waals surface area contributed by atoms with Crippen molar-refractivity contribution in [3.05, 3.63) is 42.7 Å². The van der Waals surface area contributed by atoms with Crippen LogP contribution in [0.1, 0.15) is 0 Å². The molecule has 122 valence electrons. The van der Waals surface area contributed by atoms with Crippen molar-refractivity contribution in [2.24, 2.45) is 0 Å². The Morgan fingerprint density at radius 3 is 2.30 bits per heavy atom. The minimum atomic E-state index is -0.111. The van der Waals surface area contributed by atoms with Gasteiger partial charge in [0.2, 0.25) is 6.54 Å². The van der Waals surface area contributed by atoms with Gasteiger partial charge in [0.05, 0.1) is 14.2 Å². The third kappa shape index (κ3) is 4.35. The zero-order chi connectivity index (χ0) is 16.8. The molecule has 0 radical (unpaired) electrons. The van der Waals surface area contributed by atoms with E-state index in [1.165, 1.54) is 0 Å². The molecule has 0 aliphatic heterocycles. The SMILES string of the molecule is COc1ccc(NC(=O)C[n+]2ccc(N(C)C)cc2)cc1OC. The maximum Gasteiger partial charge on any atom is 0.290 e. The van der Waals surface area contributed by atoms with Crippen LogP contribution in [0.5, 0.6) is 11.5 Å². The van der Waals surface area contributed by atoms with Crippen molar-refractivity contribution in [2.45, 2.75) is 6.54 Å². The van der Waals surface area contributed by atoms with Crippen LogP contribution < -0.4 is 24.3 Å². The Balaban J connectivity index is 2.01.